The maximum atomic E-state index is 6.05. The van der Waals surface area contributed by atoms with Gasteiger partial charge in [-0.1, -0.05) is 24.6 Å². The van der Waals surface area contributed by atoms with Gasteiger partial charge in [-0.2, -0.15) is 0 Å². The number of hydrogen-bond donors (Lipinski definition) is 1. The molecule has 1 unspecified atom stereocenters. The Labute approximate surface area is 124 Å². The third kappa shape index (κ3) is 4.22. The van der Waals surface area contributed by atoms with Gasteiger partial charge in [0, 0.05) is 29.0 Å². The van der Waals surface area contributed by atoms with Crippen molar-refractivity contribution in [3.8, 4) is 5.75 Å². The van der Waals surface area contributed by atoms with E-state index in [1.54, 1.807) is 12.4 Å². The van der Waals surface area contributed by atoms with Crippen LogP contribution in [0.4, 0.5) is 0 Å². The monoisotopic (exact) mass is 290 g/mol. The Bertz CT molecular complexity index is 545. The number of aromatic nitrogens is 1. The number of nitrogens with two attached hydrogens (primary N) is 1. The fraction of sp³-hybridized carbons (Fsp3) is 0.312. The molecule has 20 heavy (non-hydrogen) atoms. The van der Waals surface area contributed by atoms with Gasteiger partial charge in [0.15, 0.2) is 0 Å². The van der Waals surface area contributed by atoms with Crippen LogP contribution < -0.4 is 10.5 Å². The van der Waals surface area contributed by atoms with E-state index in [1.165, 1.54) is 0 Å². The SMILES string of the molecule is CCC(N)Cc1cc(Cl)ccc1OCc1cccnc1. The molecule has 1 aromatic carbocycles. The fourth-order valence-corrected chi connectivity index (χ4v) is 2.11. The molecule has 0 aliphatic heterocycles. The van der Waals surface area contributed by atoms with Crippen molar-refractivity contribution in [1.29, 1.82) is 0 Å². The van der Waals surface area contributed by atoms with Crippen LogP contribution in [-0.4, -0.2) is 11.0 Å². The highest BCUT2D eigenvalue weighted by Gasteiger charge is 2.09. The van der Waals surface area contributed by atoms with E-state index in [-0.39, 0.29) is 6.04 Å². The van der Waals surface area contributed by atoms with Crippen molar-refractivity contribution in [3.63, 3.8) is 0 Å². The zero-order valence-corrected chi connectivity index (χ0v) is 12.3. The van der Waals surface area contributed by atoms with Crippen molar-refractivity contribution in [3.05, 3.63) is 58.9 Å². The van der Waals surface area contributed by atoms with E-state index in [0.717, 1.165) is 29.7 Å². The quantitative estimate of drug-likeness (QED) is 0.884. The van der Waals surface area contributed by atoms with Gasteiger partial charge in [-0.15, -0.1) is 0 Å². The Hall–Kier alpha value is -1.58. The van der Waals surface area contributed by atoms with Crippen LogP contribution in [0.5, 0.6) is 5.75 Å². The maximum Gasteiger partial charge on any atom is 0.123 e. The molecule has 0 spiro atoms. The first kappa shape index (κ1) is 14.8. The van der Waals surface area contributed by atoms with E-state index < -0.39 is 0 Å². The molecule has 2 aromatic rings. The molecule has 106 valence electrons. The third-order valence-electron chi connectivity index (χ3n) is 3.15. The van der Waals surface area contributed by atoms with Crippen LogP contribution in [0.25, 0.3) is 0 Å². The molecule has 0 radical (unpaired) electrons. The number of ether oxygens (including phenoxy) is 1. The van der Waals surface area contributed by atoms with Gasteiger partial charge in [0.25, 0.3) is 0 Å². The fourth-order valence-electron chi connectivity index (χ4n) is 1.92. The van der Waals surface area contributed by atoms with Gasteiger partial charge in [-0.05, 0) is 42.7 Å². The minimum Gasteiger partial charge on any atom is -0.489 e. The molecule has 4 heteroatoms. The second-order valence-electron chi connectivity index (χ2n) is 4.77. The summed E-state index contributed by atoms with van der Waals surface area (Å²) in [6.45, 7) is 2.56. The van der Waals surface area contributed by atoms with Gasteiger partial charge in [0.05, 0.1) is 0 Å². The van der Waals surface area contributed by atoms with Crippen molar-refractivity contribution in [2.24, 2.45) is 5.73 Å². The summed E-state index contributed by atoms with van der Waals surface area (Å²) in [5.41, 5.74) is 8.11. The van der Waals surface area contributed by atoms with Crippen LogP contribution in [0.15, 0.2) is 42.7 Å². The highest BCUT2D eigenvalue weighted by molar-refractivity contribution is 6.30. The van der Waals surface area contributed by atoms with Gasteiger partial charge < -0.3 is 10.5 Å². The van der Waals surface area contributed by atoms with Gasteiger partial charge in [-0.3, -0.25) is 4.98 Å². The van der Waals surface area contributed by atoms with E-state index in [2.05, 4.69) is 11.9 Å². The largest absolute Gasteiger partial charge is 0.489 e. The highest BCUT2D eigenvalue weighted by Crippen LogP contribution is 2.25. The number of hydrogen-bond acceptors (Lipinski definition) is 3. The molecule has 0 aliphatic rings. The third-order valence-corrected chi connectivity index (χ3v) is 3.38. The number of pyridine rings is 1. The van der Waals surface area contributed by atoms with Gasteiger partial charge in [0.1, 0.15) is 12.4 Å². The normalized spacial score (nSPS) is 12.2. The van der Waals surface area contributed by atoms with Gasteiger partial charge in [0.2, 0.25) is 0 Å². The van der Waals surface area contributed by atoms with E-state index >= 15 is 0 Å². The van der Waals surface area contributed by atoms with E-state index in [9.17, 15) is 0 Å². The van der Waals surface area contributed by atoms with Crippen LogP contribution in [0.1, 0.15) is 24.5 Å². The zero-order chi connectivity index (χ0) is 14.4. The lowest BCUT2D eigenvalue weighted by Crippen LogP contribution is -2.21. The first-order valence-electron chi connectivity index (χ1n) is 6.74. The molecular formula is C16H19ClN2O. The Morgan fingerprint density at radius 2 is 2.20 bits per heavy atom. The summed E-state index contributed by atoms with van der Waals surface area (Å²) in [7, 11) is 0. The van der Waals surface area contributed by atoms with Crippen LogP contribution in [-0.2, 0) is 13.0 Å². The van der Waals surface area contributed by atoms with Crippen molar-refractivity contribution < 1.29 is 4.74 Å². The van der Waals surface area contributed by atoms with Crippen LogP contribution in [0.2, 0.25) is 5.02 Å². The molecule has 2 rings (SSSR count). The molecule has 1 heterocycles. The highest BCUT2D eigenvalue weighted by atomic mass is 35.5. The lowest BCUT2D eigenvalue weighted by atomic mass is 10.0. The topological polar surface area (TPSA) is 48.1 Å². The first-order valence-corrected chi connectivity index (χ1v) is 7.12. The summed E-state index contributed by atoms with van der Waals surface area (Å²) in [4.78, 5) is 4.07. The van der Waals surface area contributed by atoms with Crippen LogP contribution >= 0.6 is 11.6 Å². The molecule has 3 nitrogen and oxygen atoms in total. The molecule has 2 N–H and O–H groups in total. The Morgan fingerprint density at radius 1 is 1.35 bits per heavy atom. The van der Waals surface area contributed by atoms with Gasteiger partial charge >= 0.3 is 0 Å². The zero-order valence-electron chi connectivity index (χ0n) is 11.6. The second kappa shape index (κ2) is 7.27. The van der Waals surface area contributed by atoms with Crippen molar-refractivity contribution in [1.82, 2.24) is 4.98 Å². The molecule has 0 bridgehead atoms. The number of benzene rings is 1. The van der Waals surface area contributed by atoms with Crippen molar-refractivity contribution in [2.75, 3.05) is 0 Å². The minimum atomic E-state index is 0.120. The molecule has 0 saturated heterocycles. The molecule has 1 aromatic heterocycles. The van der Waals surface area contributed by atoms with E-state index in [4.69, 9.17) is 22.1 Å². The van der Waals surface area contributed by atoms with E-state index in [1.807, 2.05) is 30.3 Å². The summed E-state index contributed by atoms with van der Waals surface area (Å²) in [6.07, 6.45) is 5.23. The summed E-state index contributed by atoms with van der Waals surface area (Å²) >= 11 is 6.05. The molecule has 0 amide bonds. The Balaban J connectivity index is 2.10. The smallest absolute Gasteiger partial charge is 0.123 e. The minimum absolute atomic E-state index is 0.120. The lowest BCUT2D eigenvalue weighted by Gasteiger charge is -2.15. The average molecular weight is 291 g/mol. The molecule has 0 fully saturated rings. The predicted molar refractivity (Wildman–Crippen MR) is 82.0 cm³/mol. The summed E-state index contributed by atoms with van der Waals surface area (Å²) < 4.78 is 5.87. The standard InChI is InChI=1S/C16H19ClN2O/c1-2-15(18)9-13-8-14(17)5-6-16(13)20-11-12-4-3-7-19-10-12/h3-8,10,15H,2,9,11,18H2,1H3. The predicted octanol–water partition coefficient (Wildman–Crippen LogP) is 3.59. The molecule has 0 saturated carbocycles. The second-order valence-corrected chi connectivity index (χ2v) is 5.21. The maximum absolute atomic E-state index is 6.05. The van der Waals surface area contributed by atoms with Gasteiger partial charge in [-0.25, -0.2) is 0 Å². The molecular weight excluding hydrogens is 272 g/mol. The number of rotatable bonds is 6. The van der Waals surface area contributed by atoms with E-state index in [0.29, 0.717) is 11.6 Å². The average Bonchev–Trinajstić information content (AvgIpc) is 2.47. The number of nitrogens with zero attached hydrogens (tertiary/aromatic N) is 1. The van der Waals surface area contributed by atoms with Crippen molar-refractivity contribution >= 4 is 11.6 Å². The first-order chi connectivity index (χ1) is 9.69. The van der Waals surface area contributed by atoms with Crippen molar-refractivity contribution in [2.45, 2.75) is 32.4 Å². The number of halogens is 1. The summed E-state index contributed by atoms with van der Waals surface area (Å²) in [5.74, 6) is 0.835. The Morgan fingerprint density at radius 3 is 2.90 bits per heavy atom. The van der Waals surface area contributed by atoms with Crippen LogP contribution in [0, 0.1) is 0 Å². The summed E-state index contributed by atoms with van der Waals surface area (Å²) in [5, 5.41) is 0.706. The Kier molecular flexibility index (Phi) is 5.39. The van der Waals surface area contributed by atoms with Crippen LogP contribution in [0.3, 0.4) is 0 Å². The lowest BCUT2D eigenvalue weighted by molar-refractivity contribution is 0.301. The molecule has 0 aliphatic carbocycles. The molecule has 1 atom stereocenters. The summed E-state index contributed by atoms with van der Waals surface area (Å²) in [6, 6.07) is 9.66.